The maximum Gasteiger partial charge on any atom is 0.334 e. The number of hydrogen-bond donors (Lipinski definition) is 2. The van der Waals surface area contributed by atoms with Gasteiger partial charge in [-0.15, -0.1) is 0 Å². The monoisotopic (exact) mass is 278 g/mol. The van der Waals surface area contributed by atoms with E-state index in [1.807, 2.05) is 0 Å². The molecule has 0 aliphatic rings. The summed E-state index contributed by atoms with van der Waals surface area (Å²) in [6, 6.07) is 1.20. The molecular weight excluding hydrogens is 268 g/mol. The van der Waals surface area contributed by atoms with E-state index >= 15 is 0 Å². The minimum atomic E-state index is -0.621. The molecule has 0 saturated heterocycles. The largest absolute Gasteiger partial charge is 0.382 e. The van der Waals surface area contributed by atoms with Crippen LogP contribution in [0.1, 0.15) is 0 Å². The minimum Gasteiger partial charge on any atom is -0.382 e. The van der Waals surface area contributed by atoms with E-state index in [1.165, 1.54) is 20.2 Å². The molecule has 2 N–H and O–H groups in total. The third-order valence-electron chi connectivity index (χ3n) is 2.68. The first kappa shape index (κ1) is 13.4. The number of nitro groups is 2. The van der Waals surface area contributed by atoms with E-state index in [0.29, 0.717) is 0 Å². The van der Waals surface area contributed by atoms with Crippen LogP contribution in [0.4, 0.5) is 22.9 Å². The number of aromatic nitrogens is 2. The Labute approximate surface area is 112 Å². The Morgan fingerprint density at radius 2 is 1.85 bits per heavy atom. The van der Waals surface area contributed by atoms with Gasteiger partial charge in [0.1, 0.15) is 11.9 Å². The van der Waals surface area contributed by atoms with Crippen molar-refractivity contribution >= 4 is 33.9 Å². The Kier molecular flexibility index (Phi) is 3.29. The van der Waals surface area contributed by atoms with Crippen molar-refractivity contribution in [1.82, 2.24) is 9.97 Å². The molecule has 2 rings (SSSR count). The average Bonchev–Trinajstić information content (AvgIpc) is 2.43. The van der Waals surface area contributed by atoms with E-state index in [9.17, 15) is 20.2 Å². The predicted octanol–water partition coefficient (Wildman–Crippen LogP) is 1.53. The molecule has 0 aliphatic carbocycles. The zero-order valence-electron chi connectivity index (χ0n) is 10.6. The molecule has 0 fully saturated rings. The Morgan fingerprint density at radius 1 is 1.15 bits per heavy atom. The van der Waals surface area contributed by atoms with E-state index < -0.39 is 9.85 Å². The maximum absolute atomic E-state index is 11.2. The van der Waals surface area contributed by atoms with Gasteiger partial charge in [-0.05, 0) is 0 Å². The van der Waals surface area contributed by atoms with Gasteiger partial charge in [-0.25, -0.2) is 9.97 Å². The van der Waals surface area contributed by atoms with Gasteiger partial charge in [-0.2, -0.15) is 0 Å². The summed E-state index contributed by atoms with van der Waals surface area (Å²) in [5.74, 6) is 0.0354. The van der Waals surface area contributed by atoms with Crippen molar-refractivity contribution in [2.45, 2.75) is 0 Å². The lowest BCUT2D eigenvalue weighted by molar-refractivity contribution is -0.385. The predicted molar refractivity (Wildman–Crippen MR) is 71.9 cm³/mol. The molecule has 0 aliphatic heterocycles. The van der Waals surface area contributed by atoms with Gasteiger partial charge in [0, 0.05) is 20.2 Å². The van der Waals surface area contributed by atoms with Gasteiger partial charge in [-0.1, -0.05) is 0 Å². The van der Waals surface area contributed by atoms with Gasteiger partial charge in [0.25, 0.3) is 5.69 Å². The second-order valence-corrected chi connectivity index (χ2v) is 3.76. The topological polar surface area (TPSA) is 136 Å². The third-order valence-corrected chi connectivity index (χ3v) is 2.68. The van der Waals surface area contributed by atoms with Crippen molar-refractivity contribution in [3.05, 3.63) is 32.5 Å². The molecule has 2 heterocycles. The number of anilines is 2. The van der Waals surface area contributed by atoms with Gasteiger partial charge in [0.15, 0.2) is 5.65 Å². The Morgan fingerprint density at radius 3 is 2.35 bits per heavy atom. The van der Waals surface area contributed by atoms with Crippen LogP contribution in [-0.2, 0) is 0 Å². The molecular formula is C10H10N6O4. The fraction of sp³-hybridized carbons (Fsp3) is 0.200. The van der Waals surface area contributed by atoms with E-state index in [-0.39, 0.29) is 33.9 Å². The van der Waals surface area contributed by atoms with Crippen molar-refractivity contribution in [3.63, 3.8) is 0 Å². The molecule has 104 valence electrons. The lowest BCUT2D eigenvalue weighted by atomic mass is 10.2. The molecule has 20 heavy (non-hydrogen) atoms. The first-order chi connectivity index (χ1) is 9.49. The van der Waals surface area contributed by atoms with Crippen LogP contribution in [0, 0.1) is 20.2 Å². The highest BCUT2D eigenvalue weighted by atomic mass is 16.6. The Hall–Kier alpha value is -3.04. The molecule has 2 aromatic heterocycles. The van der Waals surface area contributed by atoms with Gasteiger partial charge >= 0.3 is 5.69 Å². The summed E-state index contributed by atoms with van der Waals surface area (Å²) in [6.07, 6.45) is 1.06. The normalized spacial score (nSPS) is 10.3. The second kappa shape index (κ2) is 4.91. The van der Waals surface area contributed by atoms with Crippen LogP contribution in [-0.4, -0.2) is 33.9 Å². The van der Waals surface area contributed by atoms with Gasteiger partial charge in [0.05, 0.1) is 15.2 Å². The fourth-order valence-corrected chi connectivity index (χ4v) is 1.83. The summed E-state index contributed by atoms with van der Waals surface area (Å²) < 4.78 is 0. The smallest absolute Gasteiger partial charge is 0.334 e. The molecule has 0 atom stereocenters. The highest BCUT2D eigenvalue weighted by molar-refractivity contribution is 5.98. The fourth-order valence-electron chi connectivity index (χ4n) is 1.83. The first-order valence-corrected chi connectivity index (χ1v) is 5.47. The third kappa shape index (κ3) is 2.02. The summed E-state index contributed by atoms with van der Waals surface area (Å²) in [7, 11) is 2.98. The molecule has 0 amide bonds. The summed E-state index contributed by atoms with van der Waals surface area (Å²) in [5, 5.41) is 27.4. The SMILES string of the molecule is CNc1nc2ncc([N+](=O)[O-])cc2c(NC)c1[N+](=O)[O-]. The van der Waals surface area contributed by atoms with Gasteiger partial charge in [0.2, 0.25) is 5.82 Å². The van der Waals surface area contributed by atoms with Crippen molar-refractivity contribution in [2.24, 2.45) is 0 Å². The number of rotatable bonds is 4. The number of fused-ring (bicyclic) bond motifs is 1. The Balaban J connectivity index is 2.89. The molecule has 10 nitrogen and oxygen atoms in total. The molecule has 2 aromatic rings. The van der Waals surface area contributed by atoms with Crippen molar-refractivity contribution in [1.29, 1.82) is 0 Å². The van der Waals surface area contributed by atoms with Crippen LogP contribution in [0.2, 0.25) is 0 Å². The van der Waals surface area contributed by atoms with E-state index in [1.54, 1.807) is 0 Å². The lowest BCUT2D eigenvalue weighted by Crippen LogP contribution is -2.05. The summed E-state index contributed by atoms with van der Waals surface area (Å²) in [5.41, 5.74) is -0.248. The Bertz CT molecular complexity index is 716. The maximum atomic E-state index is 11.2. The van der Waals surface area contributed by atoms with E-state index in [0.717, 1.165) is 6.20 Å². The van der Waals surface area contributed by atoms with Crippen LogP contribution in [0.5, 0.6) is 0 Å². The first-order valence-electron chi connectivity index (χ1n) is 5.47. The zero-order chi connectivity index (χ0) is 14.9. The summed E-state index contributed by atoms with van der Waals surface area (Å²) in [4.78, 5) is 28.6. The van der Waals surface area contributed by atoms with Crippen molar-refractivity contribution in [2.75, 3.05) is 24.7 Å². The van der Waals surface area contributed by atoms with E-state index in [2.05, 4.69) is 20.6 Å². The van der Waals surface area contributed by atoms with Crippen LogP contribution in [0.15, 0.2) is 12.3 Å². The average molecular weight is 278 g/mol. The lowest BCUT2D eigenvalue weighted by Gasteiger charge is -2.09. The van der Waals surface area contributed by atoms with Crippen LogP contribution >= 0.6 is 0 Å². The van der Waals surface area contributed by atoms with Gasteiger partial charge in [-0.3, -0.25) is 20.2 Å². The summed E-state index contributed by atoms with van der Waals surface area (Å²) in [6.45, 7) is 0. The zero-order valence-corrected chi connectivity index (χ0v) is 10.6. The van der Waals surface area contributed by atoms with Crippen LogP contribution in [0.25, 0.3) is 11.0 Å². The molecule has 0 unspecified atom stereocenters. The highest BCUT2D eigenvalue weighted by Crippen LogP contribution is 2.37. The number of nitrogens with one attached hydrogen (secondary N) is 2. The number of hydrogen-bond acceptors (Lipinski definition) is 8. The number of nitrogens with zero attached hydrogens (tertiary/aromatic N) is 4. The minimum absolute atomic E-state index is 0.0354. The van der Waals surface area contributed by atoms with E-state index in [4.69, 9.17) is 0 Å². The second-order valence-electron chi connectivity index (χ2n) is 3.76. The standard InChI is InChI=1S/C10H10N6O4/c1-11-7-6-3-5(15(17)18)4-13-9(6)14-10(12-2)8(7)16(19)20/h3-4H,1-2H3,(H2,11,12,13,14). The molecule has 0 radical (unpaired) electrons. The van der Waals surface area contributed by atoms with Crippen LogP contribution in [0.3, 0.4) is 0 Å². The number of pyridine rings is 2. The molecule has 0 bridgehead atoms. The summed E-state index contributed by atoms with van der Waals surface area (Å²) >= 11 is 0. The highest BCUT2D eigenvalue weighted by Gasteiger charge is 2.25. The van der Waals surface area contributed by atoms with Crippen molar-refractivity contribution in [3.8, 4) is 0 Å². The van der Waals surface area contributed by atoms with Gasteiger partial charge < -0.3 is 10.6 Å². The molecule has 0 aromatic carbocycles. The molecule has 0 saturated carbocycles. The van der Waals surface area contributed by atoms with Crippen LogP contribution < -0.4 is 10.6 Å². The molecule has 0 spiro atoms. The molecule has 10 heteroatoms. The quantitative estimate of drug-likeness (QED) is 0.634. The van der Waals surface area contributed by atoms with Crippen molar-refractivity contribution < 1.29 is 9.85 Å².